The van der Waals surface area contributed by atoms with Gasteiger partial charge in [0.25, 0.3) is 0 Å². The van der Waals surface area contributed by atoms with Crippen LogP contribution >= 0.6 is 0 Å². The van der Waals surface area contributed by atoms with Gasteiger partial charge in [-0.05, 0) is 226 Å². The summed E-state index contributed by atoms with van der Waals surface area (Å²) in [6.45, 7) is 13.5. The summed E-state index contributed by atoms with van der Waals surface area (Å²) in [6.07, 6.45) is 11.0. The summed E-state index contributed by atoms with van der Waals surface area (Å²) < 4.78 is 28.9. The monoisotopic (exact) mass is 1020 g/mol. The maximum absolute atomic E-state index is 13.9. The summed E-state index contributed by atoms with van der Waals surface area (Å²) in [7, 11) is 0. The van der Waals surface area contributed by atoms with E-state index < -0.39 is 48.3 Å². The van der Waals surface area contributed by atoms with Gasteiger partial charge in [0.15, 0.2) is 0 Å². The topological polar surface area (TPSA) is 195 Å². The maximum atomic E-state index is 13.9. The minimum atomic E-state index is -0.523. The lowest BCUT2D eigenvalue weighted by Crippen LogP contribution is -2.62. The van der Waals surface area contributed by atoms with Crippen molar-refractivity contribution in [3.8, 4) is 0 Å². The Balaban J connectivity index is 0.833. The molecule has 0 spiro atoms. The molecule has 406 valence electrons. The molecule has 0 radical (unpaired) electrons. The summed E-state index contributed by atoms with van der Waals surface area (Å²) in [6, 6.07) is 6.66. The highest BCUT2D eigenvalue weighted by atomic mass is 16.6. The summed E-state index contributed by atoms with van der Waals surface area (Å²) in [5, 5.41) is 48.6. The first kappa shape index (κ1) is 53.3. The van der Waals surface area contributed by atoms with Crippen LogP contribution in [0.5, 0.6) is 0 Å². The molecule has 8 saturated carbocycles. The molecule has 8 fully saturated rings. The minimum Gasteiger partial charge on any atom is -0.464 e. The largest absolute Gasteiger partial charge is 0.464 e. The first-order valence-corrected chi connectivity index (χ1v) is 28.9. The molecule has 1 aromatic rings. The summed E-state index contributed by atoms with van der Waals surface area (Å²) >= 11 is 0. The molecule has 15 rings (SSSR count). The fourth-order valence-corrected chi connectivity index (χ4v) is 19.5. The third kappa shape index (κ3) is 9.42. The van der Waals surface area contributed by atoms with Gasteiger partial charge in [-0.15, -0.1) is 0 Å². The number of aliphatic hydroxyl groups excluding tert-OH is 4. The van der Waals surface area contributed by atoms with Crippen LogP contribution in [0, 0.1) is 92.7 Å². The Morgan fingerprint density at radius 2 is 0.918 bits per heavy atom. The molecule has 0 amide bonds. The average molecular weight is 1020 g/mol. The molecule has 73 heavy (non-hydrogen) atoms. The zero-order valence-electron chi connectivity index (χ0n) is 44.7. The smallest absolute Gasteiger partial charge is 0.338 e. The molecular formula is C60H88O13. The highest BCUT2D eigenvalue weighted by Crippen LogP contribution is 2.70. The van der Waals surface area contributed by atoms with Crippen molar-refractivity contribution >= 4 is 23.9 Å². The van der Waals surface area contributed by atoms with Gasteiger partial charge in [0.2, 0.25) is 0 Å². The van der Waals surface area contributed by atoms with Gasteiger partial charge in [0.1, 0.15) is 25.4 Å². The number of esters is 4. The molecule has 0 aromatic heterocycles. The van der Waals surface area contributed by atoms with Gasteiger partial charge in [-0.25, -0.2) is 19.2 Å². The molecule has 18 bridgehead atoms. The van der Waals surface area contributed by atoms with Crippen LogP contribution in [0.3, 0.4) is 0 Å². The SMILES string of the molecule is C[C@@H]1CCCOC(=O)COCC(=O)OCCC[C@@H](C)[C@H]2CC[C@H]3[C@@H]4[C@H](O)C[C@H]5C[C@@H](CC[C@]5(C)[C@H]4C[C@H](O)[C@]23C)OC(=O)c2cccc(c2)C(=O)O[C@@H]2CC[C@@]3(C)[C@H](C2)C[C@@H](O)[C@@H]2[C@@H]3C[C@H](O)[C@]3(C)[C@@H]1CC[C@@H]23. The van der Waals surface area contributed by atoms with Gasteiger partial charge in [-0.1, -0.05) is 47.6 Å². The molecule has 22 atom stereocenters. The number of benzene rings is 1. The van der Waals surface area contributed by atoms with Crippen LogP contribution in [-0.2, 0) is 33.3 Å². The van der Waals surface area contributed by atoms with Crippen molar-refractivity contribution in [2.45, 2.75) is 194 Å². The summed E-state index contributed by atoms with van der Waals surface area (Å²) in [5.41, 5.74) is -0.313. The maximum Gasteiger partial charge on any atom is 0.338 e. The second-order valence-corrected chi connectivity index (χ2v) is 26.6. The predicted octanol–water partition coefficient (Wildman–Crippen LogP) is 8.89. The predicted molar refractivity (Wildman–Crippen MR) is 270 cm³/mol. The van der Waals surface area contributed by atoms with Crippen LogP contribution < -0.4 is 0 Å². The summed E-state index contributed by atoms with van der Waals surface area (Å²) in [5.74, 6) is 0.171. The van der Waals surface area contributed by atoms with Crippen molar-refractivity contribution < 1.29 is 63.3 Å². The van der Waals surface area contributed by atoms with Crippen molar-refractivity contribution in [1.29, 1.82) is 0 Å². The number of aliphatic hydroxyl groups is 4. The third-order valence-electron chi connectivity index (χ3n) is 23.5. The van der Waals surface area contributed by atoms with E-state index in [1.165, 1.54) is 0 Å². The van der Waals surface area contributed by atoms with E-state index in [-0.39, 0.29) is 131 Å². The van der Waals surface area contributed by atoms with Gasteiger partial charge >= 0.3 is 23.9 Å². The third-order valence-corrected chi connectivity index (χ3v) is 23.5. The highest BCUT2D eigenvalue weighted by molar-refractivity contribution is 5.95. The first-order valence-electron chi connectivity index (χ1n) is 28.9. The van der Waals surface area contributed by atoms with E-state index in [9.17, 15) is 39.6 Å². The van der Waals surface area contributed by atoms with Crippen LogP contribution in [0.2, 0.25) is 0 Å². The molecule has 6 aliphatic heterocycles. The quantitative estimate of drug-likeness (QED) is 0.142. The lowest BCUT2D eigenvalue weighted by Gasteiger charge is -2.63. The van der Waals surface area contributed by atoms with E-state index >= 15 is 0 Å². The first-order chi connectivity index (χ1) is 34.8. The molecule has 1 aromatic carbocycles. The molecule has 6 heterocycles. The molecule has 0 unspecified atom stereocenters. The van der Waals surface area contributed by atoms with Crippen LogP contribution in [0.1, 0.15) is 178 Å². The van der Waals surface area contributed by atoms with E-state index in [4.69, 9.17) is 23.7 Å². The number of carbonyl (C=O) groups is 4. The van der Waals surface area contributed by atoms with E-state index in [0.717, 1.165) is 51.4 Å². The lowest BCUT2D eigenvalue weighted by molar-refractivity contribution is -0.207. The zero-order valence-corrected chi connectivity index (χ0v) is 44.7. The fourth-order valence-electron chi connectivity index (χ4n) is 19.5. The van der Waals surface area contributed by atoms with Gasteiger partial charge in [-0.2, -0.15) is 0 Å². The number of hydrogen-bond donors (Lipinski definition) is 4. The average Bonchev–Trinajstić information content (AvgIpc) is 3.91. The van der Waals surface area contributed by atoms with E-state index in [1.807, 2.05) is 0 Å². The molecule has 14 aliphatic rings. The second-order valence-electron chi connectivity index (χ2n) is 26.6. The van der Waals surface area contributed by atoms with Crippen LogP contribution in [0.25, 0.3) is 0 Å². The molecular weight excluding hydrogens is 929 g/mol. The Kier molecular flexibility index (Phi) is 15.1. The molecule has 4 N–H and O–H groups in total. The Labute approximate surface area is 433 Å². The van der Waals surface area contributed by atoms with Crippen molar-refractivity contribution in [1.82, 2.24) is 0 Å². The van der Waals surface area contributed by atoms with E-state index in [2.05, 4.69) is 41.5 Å². The van der Waals surface area contributed by atoms with Crippen molar-refractivity contribution in [3.05, 3.63) is 35.4 Å². The molecule has 13 nitrogen and oxygen atoms in total. The highest BCUT2D eigenvalue weighted by Gasteiger charge is 2.68. The van der Waals surface area contributed by atoms with Gasteiger partial charge < -0.3 is 44.1 Å². The Bertz CT molecular complexity index is 2050. The summed E-state index contributed by atoms with van der Waals surface area (Å²) in [4.78, 5) is 53.0. The number of carbonyl (C=O) groups excluding carboxylic acids is 4. The minimum absolute atomic E-state index is 0.0814. The Hall–Kier alpha value is -3.10. The van der Waals surface area contributed by atoms with Crippen LogP contribution in [-0.4, -0.2) is 107 Å². The van der Waals surface area contributed by atoms with E-state index in [0.29, 0.717) is 75.3 Å². The number of ether oxygens (including phenoxy) is 5. The fraction of sp³-hybridized carbons (Fsp3) is 0.833. The Morgan fingerprint density at radius 1 is 0.507 bits per heavy atom. The van der Waals surface area contributed by atoms with Crippen LogP contribution in [0.15, 0.2) is 24.3 Å². The number of hydrogen-bond acceptors (Lipinski definition) is 13. The zero-order chi connectivity index (χ0) is 51.8. The standard InChI is InChI=1S/C60H88O13/c1-33-10-8-22-70-51(65)31-69-32-52(66)71-23-9-11-34(2)42-15-17-44-54-46(30-50(64)60(42,44)6)58(4)21-19-40(26-38(58)28-48(54)62)73-56(68)36-13-7-12-35(24-36)55(67)72-39-18-20-57(3)37(25-39)27-47(61)53-43-16-14-41(33)59(43,5)49(63)29-45(53)57/h7,12-13,24,33-34,37-50,53-54,61-64H,8-11,14-23,25-32H2,1-6H3/t33-,34-,37-,38-,39-,40-,41-,42-,43+,44+,45+,46+,47-,48-,49+,50+,53+,54+,57+,58+,59-,60-/m1/s1. The van der Waals surface area contributed by atoms with Gasteiger partial charge in [-0.3, -0.25) is 0 Å². The van der Waals surface area contributed by atoms with Crippen LogP contribution in [0.4, 0.5) is 0 Å². The molecule has 8 aliphatic carbocycles. The molecule has 0 saturated heterocycles. The van der Waals surface area contributed by atoms with Gasteiger partial charge in [0, 0.05) is 0 Å². The normalized spacial score (nSPS) is 49.0. The van der Waals surface area contributed by atoms with Crippen molar-refractivity contribution in [3.63, 3.8) is 0 Å². The molecule has 13 heteroatoms. The number of rotatable bonds is 0. The lowest BCUT2D eigenvalue weighted by atomic mass is 9.43. The van der Waals surface area contributed by atoms with Gasteiger partial charge in [0.05, 0.1) is 48.8 Å². The Morgan fingerprint density at radius 3 is 1.34 bits per heavy atom. The van der Waals surface area contributed by atoms with Crippen molar-refractivity contribution in [2.75, 3.05) is 26.4 Å². The van der Waals surface area contributed by atoms with E-state index in [1.54, 1.807) is 24.3 Å². The second kappa shape index (κ2) is 20.7. The van der Waals surface area contributed by atoms with Crippen molar-refractivity contribution in [2.24, 2.45) is 92.7 Å².